The molecule has 2 fully saturated rings. The molecule has 2 aliphatic heterocycles. The highest BCUT2D eigenvalue weighted by atomic mass is 19.1. The van der Waals surface area contributed by atoms with Gasteiger partial charge in [-0.15, -0.1) is 0 Å². The lowest BCUT2D eigenvalue weighted by Gasteiger charge is -2.33. The normalized spacial score (nSPS) is 18.8. The lowest BCUT2D eigenvalue weighted by molar-refractivity contribution is -0.133. The fraction of sp³-hybridized carbons (Fsp3) is 0.394. The van der Waals surface area contributed by atoms with Crippen LogP contribution in [0.3, 0.4) is 0 Å². The van der Waals surface area contributed by atoms with E-state index in [0.717, 1.165) is 42.7 Å². The Morgan fingerprint density at radius 3 is 2.59 bits per heavy atom. The maximum absolute atomic E-state index is 15.1. The summed E-state index contributed by atoms with van der Waals surface area (Å²) in [7, 11) is 0. The van der Waals surface area contributed by atoms with E-state index in [2.05, 4.69) is 37.7 Å². The highest BCUT2D eigenvalue weighted by Gasteiger charge is 2.27. The van der Waals surface area contributed by atoms with Crippen molar-refractivity contribution in [3.8, 4) is 11.3 Å². The number of likely N-dealkylation sites (tertiary alicyclic amines) is 1. The number of amides is 2. The third-order valence-corrected chi connectivity index (χ3v) is 8.76. The van der Waals surface area contributed by atoms with Gasteiger partial charge in [0.1, 0.15) is 24.4 Å². The molecule has 0 spiro atoms. The van der Waals surface area contributed by atoms with Gasteiger partial charge in [-0.1, -0.05) is 24.3 Å². The molecule has 2 aromatic heterocycles. The molecule has 230 valence electrons. The van der Waals surface area contributed by atoms with Crippen molar-refractivity contribution in [1.82, 2.24) is 24.8 Å². The fourth-order valence-electron chi connectivity index (χ4n) is 6.23. The number of carbonyl (C=O) groups is 2. The lowest BCUT2D eigenvalue weighted by Crippen LogP contribution is -2.47. The van der Waals surface area contributed by atoms with Gasteiger partial charge < -0.3 is 16.0 Å². The van der Waals surface area contributed by atoms with Crippen molar-refractivity contribution in [1.29, 1.82) is 0 Å². The minimum Gasteiger partial charge on any atom is -0.374 e. The average Bonchev–Trinajstić information content (AvgIpc) is 3.46. The highest BCUT2D eigenvalue weighted by molar-refractivity contribution is 6.01. The Labute approximate surface area is 254 Å². The summed E-state index contributed by atoms with van der Waals surface area (Å²) >= 11 is 0. The molecule has 44 heavy (non-hydrogen) atoms. The number of aromatic nitrogens is 3. The number of piperidine rings is 2. The number of benzene rings is 2. The van der Waals surface area contributed by atoms with E-state index in [1.807, 2.05) is 24.4 Å². The number of nitrogens with two attached hydrogens (primary N) is 1. The maximum atomic E-state index is 15.1. The summed E-state index contributed by atoms with van der Waals surface area (Å²) < 4.78 is 31.2. The predicted molar refractivity (Wildman–Crippen MR) is 164 cm³/mol. The molecule has 2 amide bonds. The van der Waals surface area contributed by atoms with E-state index in [4.69, 9.17) is 5.73 Å². The number of nitrogens with one attached hydrogen (secondary N) is 2. The highest BCUT2D eigenvalue weighted by Crippen LogP contribution is 2.30. The Hall–Kier alpha value is -4.22. The van der Waals surface area contributed by atoms with Gasteiger partial charge in [-0.3, -0.25) is 14.9 Å². The Morgan fingerprint density at radius 2 is 1.86 bits per heavy atom. The first-order chi connectivity index (χ1) is 21.4. The fourth-order valence-corrected chi connectivity index (χ4v) is 6.23. The van der Waals surface area contributed by atoms with Crippen LogP contribution in [-0.4, -0.2) is 63.2 Å². The third kappa shape index (κ3) is 6.79. The molecule has 2 atom stereocenters. The van der Waals surface area contributed by atoms with Crippen LogP contribution in [0.1, 0.15) is 54.7 Å². The maximum Gasteiger partial charge on any atom is 0.249 e. The number of fused-ring (bicyclic) bond motifs is 1. The van der Waals surface area contributed by atoms with E-state index in [-0.39, 0.29) is 24.2 Å². The number of rotatable bonds is 10. The average molecular weight is 602 g/mol. The van der Waals surface area contributed by atoms with Crippen LogP contribution < -0.4 is 16.4 Å². The van der Waals surface area contributed by atoms with E-state index in [0.29, 0.717) is 55.0 Å². The van der Waals surface area contributed by atoms with Gasteiger partial charge in [-0.25, -0.2) is 18.3 Å². The molecule has 4 aromatic rings. The van der Waals surface area contributed by atoms with Crippen molar-refractivity contribution in [3.05, 3.63) is 83.6 Å². The van der Waals surface area contributed by atoms with Gasteiger partial charge in [0, 0.05) is 42.5 Å². The van der Waals surface area contributed by atoms with Gasteiger partial charge in [0.2, 0.25) is 11.8 Å². The minimum atomic E-state index is -0.948. The van der Waals surface area contributed by atoms with Gasteiger partial charge in [0.05, 0.1) is 11.2 Å². The molecule has 2 aliphatic rings. The summed E-state index contributed by atoms with van der Waals surface area (Å²) in [6.45, 7) is 2.23. The number of aryl methyl sites for hydroxylation is 1. The molecule has 11 heteroatoms. The number of carbonyl (C=O) groups excluding carboxylic acids is 2. The first kappa shape index (κ1) is 29.8. The number of imide groups is 1. The largest absolute Gasteiger partial charge is 0.374 e. The van der Waals surface area contributed by atoms with E-state index in [9.17, 15) is 14.0 Å². The zero-order chi connectivity index (χ0) is 30.6. The summed E-state index contributed by atoms with van der Waals surface area (Å²) in [5, 5.41) is 9.88. The molecule has 0 saturated carbocycles. The Bertz CT molecular complexity index is 1630. The molecular weight excluding hydrogens is 564 g/mol. The summed E-state index contributed by atoms with van der Waals surface area (Å²) in [6.07, 6.45) is 6.11. The van der Waals surface area contributed by atoms with Crippen molar-refractivity contribution in [2.45, 2.75) is 63.2 Å². The van der Waals surface area contributed by atoms with E-state index in [1.54, 1.807) is 16.6 Å². The second-order valence-corrected chi connectivity index (χ2v) is 11.8. The van der Waals surface area contributed by atoms with Crippen LogP contribution in [0.25, 0.3) is 16.8 Å². The van der Waals surface area contributed by atoms with Crippen LogP contribution in [0.15, 0.2) is 61.1 Å². The molecule has 2 saturated heterocycles. The standard InChI is InChI=1S/C33H37F2N7O2/c34-26(6-1-21-15-30-32(37-20-38-42(30)18-21)24-2-3-25(17-36)28(35)16-24)19-41-13-11-23(12-14-41)22-4-7-27(8-5-22)39-29-9-10-31(43)40-33(29)44/h2-5,7-8,15-16,18,20,23,26,29,39H,1,6,9-14,17,19,36H2,(H,40,43,44). The van der Waals surface area contributed by atoms with Crippen LogP contribution >= 0.6 is 0 Å². The van der Waals surface area contributed by atoms with Gasteiger partial charge in [0.15, 0.2) is 0 Å². The van der Waals surface area contributed by atoms with E-state index >= 15 is 4.39 Å². The van der Waals surface area contributed by atoms with E-state index < -0.39 is 12.2 Å². The summed E-state index contributed by atoms with van der Waals surface area (Å²) in [6, 6.07) is 14.6. The smallest absolute Gasteiger partial charge is 0.249 e. The Kier molecular flexibility index (Phi) is 8.94. The molecule has 0 bridgehead atoms. The van der Waals surface area contributed by atoms with Crippen LogP contribution in [0, 0.1) is 5.82 Å². The number of hydrogen-bond donors (Lipinski definition) is 3. The second kappa shape index (κ2) is 13.2. The summed E-state index contributed by atoms with van der Waals surface area (Å²) in [5.41, 5.74) is 11.1. The van der Waals surface area contributed by atoms with Crippen LogP contribution in [0.4, 0.5) is 14.5 Å². The number of anilines is 1. The molecule has 2 aromatic carbocycles. The lowest BCUT2D eigenvalue weighted by atomic mass is 9.89. The van der Waals surface area contributed by atoms with Crippen molar-refractivity contribution in [3.63, 3.8) is 0 Å². The quantitative estimate of drug-likeness (QED) is 0.231. The molecule has 9 nitrogen and oxygen atoms in total. The van der Waals surface area contributed by atoms with Gasteiger partial charge in [0.25, 0.3) is 0 Å². The molecule has 2 unspecified atom stereocenters. The summed E-state index contributed by atoms with van der Waals surface area (Å²) in [5.74, 6) is -0.455. The van der Waals surface area contributed by atoms with Crippen LogP contribution in [-0.2, 0) is 22.6 Å². The number of nitrogens with zero attached hydrogens (tertiary/aromatic N) is 4. The van der Waals surface area contributed by atoms with Gasteiger partial charge in [-0.05, 0) is 86.5 Å². The number of halogens is 2. The SMILES string of the molecule is NCc1ccc(-c2ncnn3cc(CCC(F)CN4CCC(c5ccc(NC6CCC(=O)NC6=O)cc5)CC4)cc23)cc1F. The van der Waals surface area contributed by atoms with Gasteiger partial charge >= 0.3 is 0 Å². The van der Waals surface area contributed by atoms with Crippen LogP contribution in [0.2, 0.25) is 0 Å². The first-order valence-electron chi connectivity index (χ1n) is 15.2. The first-order valence-corrected chi connectivity index (χ1v) is 15.2. The molecule has 6 rings (SSSR count). The number of hydrogen-bond acceptors (Lipinski definition) is 7. The number of alkyl halides is 1. The molecule has 4 N–H and O–H groups in total. The topological polar surface area (TPSA) is 118 Å². The second-order valence-electron chi connectivity index (χ2n) is 11.8. The van der Waals surface area contributed by atoms with Crippen molar-refractivity contribution in [2.75, 3.05) is 25.0 Å². The predicted octanol–water partition coefficient (Wildman–Crippen LogP) is 4.36. The van der Waals surface area contributed by atoms with Gasteiger partial charge in [-0.2, -0.15) is 5.10 Å². The molecule has 0 aliphatic carbocycles. The Morgan fingerprint density at radius 1 is 1.07 bits per heavy atom. The molecular formula is C33H37F2N7O2. The molecule has 4 heterocycles. The third-order valence-electron chi connectivity index (χ3n) is 8.76. The Balaban J connectivity index is 0.979. The van der Waals surface area contributed by atoms with Crippen molar-refractivity contribution >= 4 is 23.0 Å². The molecule has 0 radical (unpaired) electrons. The van der Waals surface area contributed by atoms with Crippen molar-refractivity contribution in [2.24, 2.45) is 5.73 Å². The monoisotopic (exact) mass is 601 g/mol. The van der Waals surface area contributed by atoms with Crippen molar-refractivity contribution < 1.29 is 18.4 Å². The zero-order valence-electron chi connectivity index (χ0n) is 24.5. The van der Waals surface area contributed by atoms with Crippen LogP contribution in [0.5, 0.6) is 0 Å². The summed E-state index contributed by atoms with van der Waals surface area (Å²) in [4.78, 5) is 30.0. The van der Waals surface area contributed by atoms with E-state index in [1.165, 1.54) is 18.0 Å². The zero-order valence-corrected chi connectivity index (χ0v) is 24.5. The minimum absolute atomic E-state index is 0.129.